The first-order valence-electron chi connectivity index (χ1n) is 5.95. The normalized spacial score (nSPS) is 11.2. The van der Waals surface area contributed by atoms with Gasteiger partial charge in [0.15, 0.2) is 5.78 Å². The lowest BCUT2D eigenvalue weighted by atomic mass is 10.2. The van der Waals surface area contributed by atoms with Crippen molar-refractivity contribution in [1.82, 2.24) is 4.90 Å². The highest BCUT2D eigenvalue weighted by molar-refractivity contribution is 6.01. The fraction of sp³-hybridized carbons (Fsp3) is 0.267. The standard InChI is InChI=1S/C15H19NO/c1-3-16(4-2)13-12-15(17)11-10-14-8-6-5-7-9-14/h5-13H,3-4H2,1-2H3/b11-10+,13-12+. The smallest absolute Gasteiger partial charge is 0.180 e. The first-order valence-corrected chi connectivity index (χ1v) is 5.95. The fourth-order valence-corrected chi connectivity index (χ4v) is 1.41. The van der Waals surface area contributed by atoms with Crippen LogP contribution < -0.4 is 0 Å². The Morgan fingerprint density at radius 3 is 2.35 bits per heavy atom. The topological polar surface area (TPSA) is 20.3 Å². The van der Waals surface area contributed by atoms with Gasteiger partial charge in [-0.2, -0.15) is 0 Å². The molecular formula is C15H19NO. The van der Waals surface area contributed by atoms with Gasteiger partial charge in [0.25, 0.3) is 0 Å². The lowest BCUT2D eigenvalue weighted by Gasteiger charge is -2.13. The van der Waals surface area contributed by atoms with Gasteiger partial charge in [-0.15, -0.1) is 0 Å². The van der Waals surface area contributed by atoms with Crippen molar-refractivity contribution in [2.45, 2.75) is 13.8 Å². The van der Waals surface area contributed by atoms with E-state index in [1.807, 2.05) is 42.6 Å². The zero-order chi connectivity index (χ0) is 12.5. The van der Waals surface area contributed by atoms with Crippen molar-refractivity contribution in [2.75, 3.05) is 13.1 Å². The molecule has 0 atom stereocenters. The highest BCUT2D eigenvalue weighted by atomic mass is 16.1. The molecule has 0 aliphatic rings. The summed E-state index contributed by atoms with van der Waals surface area (Å²) < 4.78 is 0. The first-order chi connectivity index (χ1) is 8.26. The van der Waals surface area contributed by atoms with Gasteiger partial charge in [0, 0.05) is 25.4 Å². The number of ketones is 1. The van der Waals surface area contributed by atoms with E-state index >= 15 is 0 Å². The third kappa shape index (κ3) is 5.16. The van der Waals surface area contributed by atoms with Gasteiger partial charge < -0.3 is 4.90 Å². The predicted octanol–water partition coefficient (Wildman–Crippen LogP) is 3.12. The Morgan fingerprint density at radius 2 is 1.76 bits per heavy atom. The number of carbonyl (C=O) groups excluding carboxylic acids is 1. The van der Waals surface area contributed by atoms with E-state index in [1.165, 1.54) is 0 Å². The summed E-state index contributed by atoms with van der Waals surface area (Å²) in [7, 11) is 0. The average Bonchev–Trinajstić information content (AvgIpc) is 2.39. The maximum absolute atomic E-state index is 11.6. The lowest BCUT2D eigenvalue weighted by Crippen LogP contribution is -2.15. The third-order valence-corrected chi connectivity index (χ3v) is 2.50. The summed E-state index contributed by atoms with van der Waals surface area (Å²) in [5.41, 5.74) is 1.04. The molecule has 0 unspecified atom stereocenters. The minimum atomic E-state index is 0.0146. The second-order valence-corrected chi connectivity index (χ2v) is 3.68. The minimum Gasteiger partial charge on any atom is -0.378 e. The van der Waals surface area contributed by atoms with Crippen LogP contribution in [0.15, 0.2) is 48.7 Å². The highest BCUT2D eigenvalue weighted by Crippen LogP contribution is 2.01. The molecular weight excluding hydrogens is 210 g/mol. The van der Waals surface area contributed by atoms with E-state index < -0.39 is 0 Å². The van der Waals surface area contributed by atoms with Gasteiger partial charge in [-0.3, -0.25) is 4.79 Å². The molecule has 1 aromatic carbocycles. The van der Waals surface area contributed by atoms with Gasteiger partial charge in [0.2, 0.25) is 0 Å². The van der Waals surface area contributed by atoms with Crippen molar-refractivity contribution in [3.05, 3.63) is 54.2 Å². The first kappa shape index (κ1) is 13.2. The molecule has 1 rings (SSSR count). The molecule has 1 aromatic rings. The van der Waals surface area contributed by atoms with Gasteiger partial charge in [-0.05, 0) is 25.5 Å². The highest BCUT2D eigenvalue weighted by Gasteiger charge is 1.93. The number of rotatable bonds is 6. The number of carbonyl (C=O) groups is 1. The summed E-state index contributed by atoms with van der Waals surface area (Å²) in [6, 6.07) is 9.81. The van der Waals surface area contributed by atoms with Gasteiger partial charge in [0.05, 0.1) is 0 Å². The maximum atomic E-state index is 11.6. The fourth-order valence-electron chi connectivity index (χ4n) is 1.41. The molecule has 0 N–H and O–H groups in total. The molecule has 0 aliphatic carbocycles. The SMILES string of the molecule is CCN(/C=C/C(=O)/C=C/c1ccccc1)CC. The zero-order valence-corrected chi connectivity index (χ0v) is 10.5. The maximum Gasteiger partial charge on any atom is 0.180 e. The van der Waals surface area contributed by atoms with Gasteiger partial charge in [0.1, 0.15) is 0 Å². The molecule has 0 radical (unpaired) electrons. The largest absolute Gasteiger partial charge is 0.378 e. The third-order valence-electron chi connectivity index (χ3n) is 2.50. The monoisotopic (exact) mass is 229 g/mol. The predicted molar refractivity (Wildman–Crippen MR) is 72.5 cm³/mol. The zero-order valence-electron chi connectivity index (χ0n) is 10.5. The van der Waals surface area contributed by atoms with Crippen LogP contribution in [0.5, 0.6) is 0 Å². The van der Waals surface area contributed by atoms with Crippen molar-refractivity contribution < 1.29 is 4.79 Å². The van der Waals surface area contributed by atoms with E-state index in [0.717, 1.165) is 18.7 Å². The Hall–Kier alpha value is -1.83. The number of hydrogen-bond donors (Lipinski definition) is 0. The Kier molecular flexibility index (Phi) is 5.80. The van der Waals surface area contributed by atoms with Crippen LogP contribution in [0.25, 0.3) is 6.08 Å². The Morgan fingerprint density at radius 1 is 1.12 bits per heavy atom. The summed E-state index contributed by atoms with van der Waals surface area (Å²) in [4.78, 5) is 13.6. The van der Waals surface area contributed by atoms with E-state index in [0.29, 0.717) is 0 Å². The molecule has 0 spiro atoms. The van der Waals surface area contributed by atoms with Crippen LogP contribution in [0, 0.1) is 0 Å². The van der Waals surface area contributed by atoms with Crippen LogP contribution in [0.4, 0.5) is 0 Å². The van der Waals surface area contributed by atoms with Crippen LogP contribution in [0.2, 0.25) is 0 Å². The molecule has 0 saturated heterocycles. The molecule has 90 valence electrons. The van der Waals surface area contributed by atoms with Gasteiger partial charge in [-0.1, -0.05) is 36.4 Å². The number of allylic oxidation sites excluding steroid dienone is 2. The molecule has 0 heterocycles. The molecule has 0 saturated carbocycles. The Bertz CT molecular complexity index is 389. The van der Waals surface area contributed by atoms with Gasteiger partial charge >= 0.3 is 0 Å². The molecule has 17 heavy (non-hydrogen) atoms. The van der Waals surface area contributed by atoms with Crippen molar-refractivity contribution in [1.29, 1.82) is 0 Å². The second kappa shape index (κ2) is 7.44. The quantitative estimate of drug-likeness (QED) is 0.698. The molecule has 0 aliphatic heterocycles. The molecule has 0 amide bonds. The summed E-state index contributed by atoms with van der Waals surface area (Å²) in [5, 5.41) is 0. The van der Waals surface area contributed by atoms with Crippen LogP contribution >= 0.6 is 0 Å². The summed E-state index contributed by atoms with van der Waals surface area (Å²) in [6.45, 7) is 5.97. The van der Waals surface area contributed by atoms with E-state index in [1.54, 1.807) is 12.2 Å². The van der Waals surface area contributed by atoms with Crippen LogP contribution in [0.3, 0.4) is 0 Å². The van der Waals surface area contributed by atoms with Gasteiger partial charge in [-0.25, -0.2) is 0 Å². The molecule has 2 heteroatoms. The van der Waals surface area contributed by atoms with E-state index in [-0.39, 0.29) is 5.78 Å². The van der Waals surface area contributed by atoms with Crippen molar-refractivity contribution >= 4 is 11.9 Å². The lowest BCUT2D eigenvalue weighted by molar-refractivity contribution is -0.110. The summed E-state index contributed by atoms with van der Waals surface area (Å²) >= 11 is 0. The van der Waals surface area contributed by atoms with E-state index in [9.17, 15) is 4.79 Å². The second-order valence-electron chi connectivity index (χ2n) is 3.68. The summed E-state index contributed by atoms with van der Waals surface area (Å²) in [5.74, 6) is 0.0146. The number of nitrogens with zero attached hydrogens (tertiary/aromatic N) is 1. The van der Waals surface area contributed by atoms with Crippen LogP contribution in [-0.2, 0) is 4.79 Å². The molecule has 0 aromatic heterocycles. The average molecular weight is 229 g/mol. The molecule has 2 nitrogen and oxygen atoms in total. The van der Waals surface area contributed by atoms with E-state index in [4.69, 9.17) is 0 Å². The Balaban J connectivity index is 2.52. The van der Waals surface area contributed by atoms with Crippen LogP contribution in [0.1, 0.15) is 19.4 Å². The molecule has 0 fully saturated rings. The molecule has 0 bridgehead atoms. The minimum absolute atomic E-state index is 0.0146. The van der Waals surface area contributed by atoms with Crippen molar-refractivity contribution in [3.8, 4) is 0 Å². The van der Waals surface area contributed by atoms with Crippen LogP contribution in [-0.4, -0.2) is 23.8 Å². The van der Waals surface area contributed by atoms with Crippen molar-refractivity contribution in [3.63, 3.8) is 0 Å². The Labute approximate surface area is 103 Å². The number of hydrogen-bond acceptors (Lipinski definition) is 2. The van der Waals surface area contributed by atoms with E-state index in [2.05, 4.69) is 18.7 Å². The van der Waals surface area contributed by atoms with Crippen molar-refractivity contribution in [2.24, 2.45) is 0 Å². The number of benzene rings is 1. The summed E-state index contributed by atoms with van der Waals surface area (Å²) in [6.07, 6.45) is 6.87.